The number of nitro benzene ring substituents is 1. The predicted octanol–water partition coefficient (Wildman–Crippen LogP) is 3.07. The molecule has 1 N–H and O–H groups in total. The first-order valence-corrected chi connectivity index (χ1v) is 8.20. The van der Waals surface area contributed by atoms with Crippen LogP contribution in [0.25, 0.3) is 5.69 Å². The molecule has 0 aliphatic carbocycles. The van der Waals surface area contributed by atoms with Gasteiger partial charge in [0.15, 0.2) is 11.5 Å². The van der Waals surface area contributed by atoms with Gasteiger partial charge in [0.2, 0.25) is 0 Å². The molecule has 1 aromatic heterocycles. The van der Waals surface area contributed by atoms with Crippen LogP contribution >= 0.6 is 0 Å². The summed E-state index contributed by atoms with van der Waals surface area (Å²) in [4.78, 5) is 10.9. The lowest BCUT2D eigenvalue weighted by Gasteiger charge is -2.14. The molecule has 2 aromatic carbocycles. The maximum atomic E-state index is 11.4. The van der Waals surface area contributed by atoms with Gasteiger partial charge in [0.25, 0.3) is 5.69 Å². The van der Waals surface area contributed by atoms with Gasteiger partial charge in [-0.3, -0.25) is 10.1 Å². The number of hydrogen-bond donors (Lipinski definition) is 1. The molecule has 140 valence electrons. The molecule has 0 unspecified atom stereocenters. The summed E-state index contributed by atoms with van der Waals surface area (Å²) in [5.74, 6) is 0.644. The van der Waals surface area contributed by atoms with Crippen molar-refractivity contribution in [2.75, 3.05) is 14.2 Å². The Morgan fingerprint density at radius 3 is 2.41 bits per heavy atom. The van der Waals surface area contributed by atoms with E-state index in [-0.39, 0.29) is 17.9 Å². The van der Waals surface area contributed by atoms with Crippen molar-refractivity contribution < 1.29 is 19.5 Å². The minimum atomic E-state index is -0.909. The van der Waals surface area contributed by atoms with Crippen molar-refractivity contribution in [1.29, 1.82) is 0 Å². The van der Waals surface area contributed by atoms with Crippen LogP contribution in [0.3, 0.4) is 0 Å². The maximum absolute atomic E-state index is 11.4. The molecule has 3 rings (SSSR count). The molecule has 27 heavy (non-hydrogen) atoms. The van der Waals surface area contributed by atoms with Crippen molar-refractivity contribution in [3.63, 3.8) is 0 Å². The average Bonchev–Trinajstić information content (AvgIpc) is 3.22. The first-order valence-electron chi connectivity index (χ1n) is 8.20. The third kappa shape index (κ3) is 3.90. The van der Waals surface area contributed by atoms with Crippen molar-refractivity contribution in [3.8, 4) is 17.2 Å². The van der Waals surface area contributed by atoms with Crippen LogP contribution in [0.5, 0.6) is 11.5 Å². The molecule has 0 bridgehead atoms. The maximum Gasteiger partial charge on any atom is 0.276 e. The molecule has 3 aromatic rings. The minimum absolute atomic E-state index is 0.0672. The number of aliphatic hydroxyl groups excluding tert-OH is 1. The van der Waals surface area contributed by atoms with Gasteiger partial charge in [0, 0.05) is 24.4 Å². The van der Waals surface area contributed by atoms with E-state index < -0.39 is 11.0 Å². The summed E-state index contributed by atoms with van der Waals surface area (Å²) in [6.45, 7) is 0. The van der Waals surface area contributed by atoms with Crippen LogP contribution in [0.4, 0.5) is 5.69 Å². The Labute approximate surface area is 155 Å². The topological polar surface area (TPSA) is 99.7 Å². The van der Waals surface area contributed by atoms with E-state index >= 15 is 0 Å². The lowest BCUT2D eigenvalue weighted by Crippen LogP contribution is -2.06. The Balaban J connectivity index is 1.86. The van der Waals surface area contributed by atoms with Crippen LogP contribution in [0, 0.1) is 10.1 Å². The number of nitro groups is 1. The second kappa shape index (κ2) is 7.88. The van der Waals surface area contributed by atoms with E-state index in [1.807, 2.05) is 24.4 Å². The first kappa shape index (κ1) is 18.4. The van der Waals surface area contributed by atoms with E-state index in [0.717, 1.165) is 5.69 Å². The van der Waals surface area contributed by atoms with E-state index in [1.54, 1.807) is 23.0 Å². The van der Waals surface area contributed by atoms with Crippen LogP contribution in [-0.2, 0) is 6.42 Å². The first-order chi connectivity index (χ1) is 13.0. The van der Waals surface area contributed by atoms with Crippen LogP contribution in [-0.4, -0.2) is 34.0 Å². The van der Waals surface area contributed by atoms with E-state index in [0.29, 0.717) is 16.9 Å². The van der Waals surface area contributed by atoms with Crippen molar-refractivity contribution in [1.82, 2.24) is 9.78 Å². The van der Waals surface area contributed by atoms with Crippen molar-refractivity contribution in [2.24, 2.45) is 0 Å². The summed E-state index contributed by atoms with van der Waals surface area (Å²) in [6.07, 6.45) is 2.66. The lowest BCUT2D eigenvalue weighted by atomic mass is 9.99. The molecule has 0 fully saturated rings. The van der Waals surface area contributed by atoms with Crippen LogP contribution in [0.2, 0.25) is 0 Å². The second-order valence-corrected chi connectivity index (χ2v) is 5.86. The number of aliphatic hydroxyl groups is 1. The van der Waals surface area contributed by atoms with Gasteiger partial charge in [-0.2, -0.15) is 5.10 Å². The molecule has 0 saturated heterocycles. The minimum Gasteiger partial charge on any atom is -0.493 e. The second-order valence-electron chi connectivity index (χ2n) is 5.86. The molecular weight excluding hydrogens is 350 g/mol. The van der Waals surface area contributed by atoms with E-state index in [1.165, 1.54) is 26.4 Å². The average molecular weight is 369 g/mol. The molecule has 0 spiro atoms. The third-order valence-corrected chi connectivity index (χ3v) is 4.24. The molecule has 0 aliphatic rings. The van der Waals surface area contributed by atoms with Crippen LogP contribution < -0.4 is 9.47 Å². The predicted molar refractivity (Wildman–Crippen MR) is 98.4 cm³/mol. The summed E-state index contributed by atoms with van der Waals surface area (Å²) in [5.41, 5.74) is 1.74. The Morgan fingerprint density at radius 1 is 1.19 bits per heavy atom. The monoisotopic (exact) mass is 369 g/mol. The SMILES string of the molecule is COc1cc(C[C@@H](O)c2ccc(-n3cccn3)cc2)c([N+](=O)[O-])cc1OC. The van der Waals surface area contributed by atoms with E-state index in [2.05, 4.69) is 5.10 Å². The van der Waals surface area contributed by atoms with Gasteiger partial charge in [-0.25, -0.2) is 4.68 Å². The molecule has 0 aliphatic heterocycles. The van der Waals surface area contributed by atoms with E-state index in [4.69, 9.17) is 9.47 Å². The number of aromatic nitrogens is 2. The van der Waals surface area contributed by atoms with Gasteiger partial charge in [0.05, 0.1) is 37.0 Å². The molecule has 8 heteroatoms. The number of benzene rings is 2. The molecule has 1 heterocycles. The van der Waals surface area contributed by atoms with Crippen molar-refractivity contribution >= 4 is 5.69 Å². The van der Waals surface area contributed by atoms with Crippen molar-refractivity contribution in [2.45, 2.75) is 12.5 Å². The van der Waals surface area contributed by atoms with Crippen LogP contribution in [0.15, 0.2) is 54.9 Å². The largest absolute Gasteiger partial charge is 0.493 e. The quantitative estimate of drug-likeness (QED) is 0.507. The zero-order chi connectivity index (χ0) is 19.4. The molecule has 0 saturated carbocycles. The molecule has 0 amide bonds. The molecule has 1 atom stereocenters. The lowest BCUT2D eigenvalue weighted by molar-refractivity contribution is -0.385. The van der Waals surface area contributed by atoms with Gasteiger partial charge in [-0.1, -0.05) is 12.1 Å². The normalized spacial score (nSPS) is 11.8. The highest BCUT2D eigenvalue weighted by atomic mass is 16.6. The number of ether oxygens (including phenoxy) is 2. The van der Waals surface area contributed by atoms with Crippen molar-refractivity contribution in [3.05, 3.63) is 76.1 Å². The zero-order valence-corrected chi connectivity index (χ0v) is 14.9. The highest BCUT2D eigenvalue weighted by Crippen LogP contribution is 2.36. The fraction of sp³-hybridized carbons (Fsp3) is 0.211. The molecule has 8 nitrogen and oxygen atoms in total. The Hall–Kier alpha value is -3.39. The van der Waals surface area contributed by atoms with Gasteiger partial charge < -0.3 is 14.6 Å². The summed E-state index contributed by atoms with van der Waals surface area (Å²) in [7, 11) is 2.87. The van der Waals surface area contributed by atoms with Gasteiger partial charge >= 0.3 is 0 Å². The summed E-state index contributed by atoms with van der Waals surface area (Å²) < 4.78 is 12.0. The van der Waals surface area contributed by atoms with Gasteiger partial charge in [-0.05, 0) is 29.8 Å². The Kier molecular flexibility index (Phi) is 5.37. The summed E-state index contributed by atoms with van der Waals surface area (Å²) in [6, 6.07) is 11.9. The Morgan fingerprint density at radius 2 is 1.85 bits per heavy atom. The van der Waals surface area contributed by atoms with Gasteiger partial charge in [-0.15, -0.1) is 0 Å². The van der Waals surface area contributed by atoms with Crippen LogP contribution in [0.1, 0.15) is 17.2 Å². The van der Waals surface area contributed by atoms with E-state index in [9.17, 15) is 15.2 Å². The number of methoxy groups -OCH3 is 2. The highest BCUT2D eigenvalue weighted by molar-refractivity contribution is 5.54. The molecule has 0 radical (unpaired) electrons. The zero-order valence-electron chi connectivity index (χ0n) is 14.9. The number of rotatable bonds is 7. The smallest absolute Gasteiger partial charge is 0.276 e. The summed E-state index contributed by atoms with van der Waals surface area (Å²) >= 11 is 0. The third-order valence-electron chi connectivity index (χ3n) is 4.24. The fourth-order valence-electron chi connectivity index (χ4n) is 2.84. The molecular formula is C19H19N3O5. The number of hydrogen-bond acceptors (Lipinski definition) is 6. The highest BCUT2D eigenvalue weighted by Gasteiger charge is 2.22. The summed E-state index contributed by atoms with van der Waals surface area (Å²) in [5, 5.41) is 26.1. The number of nitrogens with zero attached hydrogens (tertiary/aromatic N) is 3. The standard InChI is InChI=1S/C19H19N3O5/c1-26-18-11-14(16(22(24)25)12-19(18)27-2)10-17(23)13-4-6-15(7-5-13)21-9-3-8-20-21/h3-9,11-12,17,23H,10H2,1-2H3/t17-/m1/s1. The fourth-order valence-corrected chi connectivity index (χ4v) is 2.84. The van der Waals surface area contributed by atoms with Gasteiger partial charge in [0.1, 0.15) is 0 Å². The Bertz CT molecular complexity index is 923.